The lowest BCUT2D eigenvalue weighted by Crippen LogP contribution is -2.36. The molecule has 0 unspecified atom stereocenters. The van der Waals surface area contributed by atoms with Crippen molar-refractivity contribution in [1.82, 2.24) is 15.7 Å². The number of nitrogens with zero attached hydrogens (tertiary/aromatic N) is 3. The minimum absolute atomic E-state index is 0. The molecule has 0 amide bonds. The topological polar surface area (TPSA) is 161 Å². The van der Waals surface area contributed by atoms with Gasteiger partial charge in [-0.1, -0.05) is 0 Å². The largest absolute Gasteiger partial charge is 0.394 e. The maximum Gasteiger partial charge on any atom is 0.351 e. The number of ether oxygens (including phenoxy) is 1. The number of aliphatic hydroxyl groups excluding tert-OH is 3. The molecule has 4 atom stereocenters. The van der Waals surface area contributed by atoms with Gasteiger partial charge in [-0.3, -0.25) is 4.57 Å². The van der Waals surface area contributed by atoms with Crippen LogP contribution in [0, 0.1) is 0 Å². The average molecular weight is 257 g/mol. The van der Waals surface area contributed by atoms with Gasteiger partial charge in [-0.15, -0.1) is 0 Å². The van der Waals surface area contributed by atoms with Crippen molar-refractivity contribution in [3.8, 4) is 0 Å². The lowest BCUT2D eigenvalue weighted by atomic mass is 10.1. The van der Waals surface area contributed by atoms with Crippen LogP contribution in [-0.2, 0) is 4.74 Å². The molecular weight excluding hydrogens is 244 g/mol. The molecule has 1 aliphatic rings. The zero-order valence-electron chi connectivity index (χ0n) is 9.25. The van der Waals surface area contributed by atoms with Gasteiger partial charge in [-0.2, -0.15) is 4.98 Å². The summed E-state index contributed by atoms with van der Waals surface area (Å²) in [7, 11) is 0. The Balaban J connectivity index is 0.00000162. The van der Waals surface area contributed by atoms with E-state index in [1.54, 1.807) is 0 Å². The van der Waals surface area contributed by atoms with Gasteiger partial charge >= 0.3 is 5.69 Å². The van der Waals surface area contributed by atoms with Crippen molar-refractivity contribution in [2.45, 2.75) is 24.5 Å². The molecule has 2 rings (SSSR count). The first-order valence-electron chi connectivity index (χ1n) is 5.01. The van der Waals surface area contributed by atoms with Crippen molar-refractivity contribution >= 4 is 5.82 Å². The molecule has 5 N–H and O–H groups in total. The highest BCUT2D eigenvalue weighted by atomic mass is 16.6. The third-order valence-electron chi connectivity index (χ3n) is 2.64. The maximum atomic E-state index is 11.5. The van der Waals surface area contributed by atoms with Crippen LogP contribution in [-0.4, -0.2) is 49.8 Å². The fraction of sp³-hybridized carbons (Fsp3) is 0.556. The summed E-state index contributed by atoms with van der Waals surface area (Å²) in [5.74, 6) is 0.0537. The van der Waals surface area contributed by atoms with Crippen LogP contribution in [0.15, 0.2) is 17.1 Å². The summed E-state index contributed by atoms with van der Waals surface area (Å²) in [6.45, 7) is -0.453. The van der Waals surface area contributed by atoms with Crippen molar-refractivity contribution in [2.24, 2.45) is 0 Å². The zero-order valence-corrected chi connectivity index (χ0v) is 9.25. The third kappa shape index (κ3) is 2.35. The first-order chi connectivity index (χ1) is 8.04. The molecule has 9 nitrogen and oxygen atoms in total. The molecule has 0 aromatic carbocycles. The normalized spacial score (nSPS) is 31.1. The Bertz CT molecular complexity index is 465. The molecule has 1 aromatic heterocycles. The Morgan fingerprint density at radius 1 is 1.44 bits per heavy atom. The molecule has 1 fully saturated rings. The summed E-state index contributed by atoms with van der Waals surface area (Å²) in [5, 5.41) is 28.2. The van der Waals surface area contributed by atoms with E-state index in [4.69, 9.17) is 15.6 Å². The number of hydrogen-bond acceptors (Lipinski definition) is 7. The summed E-state index contributed by atoms with van der Waals surface area (Å²) in [6, 6.07) is 1.37. The third-order valence-corrected chi connectivity index (χ3v) is 2.64. The molecule has 0 aliphatic carbocycles. The molecule has 0 saturated carbocycles. The minimum Gasteiger partial charge on any atom is -0.394 e. The van der Waals surface area contributed by atoms with Crippen LogP contribution >= 0.6 is 0 Å². The van der Waals surface area contributed by atoms with E-state index in [0.29, 0.717) is 0 Å². The van der Waals surface area contributed by atoms with Crippen LogP contribution in [0.2, 0.25) is 0 Å². The number of anilines is 1. The van der Waals surface area contributed by atoms with Crippen molar-refractivity contribution in [2.75, 3.05) is 12.3 Å². The molecule has 0 spiro atoms. The zero-order chi connectivity index (χ0) is 12.6. The molecule has 1 saturated heterocycles. The van der Waals surface area contributed by atoms with Crippen LogP contribution in [0.1, 0.15) is 6.23 Å². The lowest BCUT2D eigenvalue weighted by molar-refractivity contribution is -0.0549. The smallest absolute Gasteiger partial charge is 0.351 e. The first kappa shape index (κ1) is 14.5. The highest BCUT2D eigenvalue weighted by molar-refractivity contribution is 5.23. The maximum absolute atomic E-state index is 11.5. The van der Waals surface area contributed by atoms with Gasteiger partial charge < -0.3 is 25.8 Å². The first-order valence-corrected chi connectivity index (χ1v) is 5.01. The minimum atomic E-state index is -1.31. The van der Waals surface area contributed by atoms with Gasteiger partial charge in [0.2, 0.25) is 0 Å². The predicted octanol–water partition coefficient (Wildman–Crippen LogP) is -3.04. The Labute approximate surface area is 102 Å². The molecule has 99 valence electrons. The number of aromatic nitrogens is 2. The van der Waals surface area contributed by atoms with E-state index in [-0.39, 0.29) is 12.0 Å². The Hall–Kier alpha value is -1.52. The highest BCUT2D eigenvalue weighted by Gasteiger charge is 2.43. The Morgan fingerprint density at radius 2 is 2.11 bits per heavy atom. The van der Waals surface area contributed by atoms with Gasteiger partial charge in [0.25, 0.3) is 0 Å². The second kappa shape index (κ2) is 5.42. The molecule has 2 heterocycles. The lowest BCUT2D eigenvalue weighted by Gasteiger charge is -2.16. The molecular formula is C9H13N4O5. The average Bonchev–Trinajstić information content (AvgIpc) is 2.57. The second-order valence-corrected chi connectivity index (χ2v) is 3.77. The standard InChI is InChI=1S/C9H13N3O5.N/c10-5-1-2-12(9(16)11-5)8-7(15)6(14)4(3-13)17-8;/h1-2,4,6-8,13-15H,3H2,(H2,10,11,16);/t4-,6-,7-,8-;/m1./s1. The Kier molecular flexibility index (Phi) is 4.38. The summed E-state index contributed by atoms with van der Waals surface area (Å²) < 4.78 is 6.19. The molecule has 18 heavy (non-hydrogen) atoms. The van der Waals surface area contributed by atoms with Crippen molar-refractivity contribution in [3.63, 3.8) is 0 Å². The number of aliphatic hydroxyl groups is 3. The molecule has 3 radical (unpaired) electrons. The van der Waals surface area contributed by atoms with Crippen molar-refractivity contribution in [1.29, 1.82) is 0 Å². The SMILES string of the molecule is Nc1ccn([C@@H]2O[C@H](CO)[C@@H](O)[C@H]2O)c(=O)n1.[N]. The summed E-state index contributed by atoms with van der Waals surface area (Å²) in [6.07, 6.45) is -3.27. The van der Waals surface area contributed by atoms with Crippen LogP contribution in [0.5, 0.6) is 0 Å². The second-order valence-electron chi connectivity index (χ2n) is 3.77. The van der Waals surface area contributed by atoms with E-state index in [1.807, 2.05) is 0 Å². The van der Waals surface area contributed by atoms with Gasteiger partial charge in [0.15, 0.2) is 6.23 Å². The van der Waals surface area contributed by atoms with E-state index in [9.17, 15) is 15.0 Å². The van der Waals surface area contributed by atoms with Gasteiger partial charge in [0.1, 0.15) is 24.1 Å². The monoisotopic (exact) mass is 257 g/mol. The van der Waals surface area contributed by atoms with Gasteiger partial charge in [0, 0.05) is 12.3 Å². The number of nitrogens with two attached hydrogens (primary N) is 1. The van der Waals surface area contributed by atoms with Gasteiger partial charge in [0.05, 0.1) is 6.61 Å². The Morgan fingerprint density at radius 3 is 2.61 bits per heavy atom. The van der Waals surface area contributed by atoms with Crippen LogP contribution in [0.4, 0.5) is 5.82 Å². The summed E-state index contributed by atoms with van der Waals surface area (Å²) in [5.41, 5.74) is 4.63. The number of rotatable bonds is 2. The van der Waals surface area contributed by atoms with Crippen molar-refractivity contribution in [3.05, 3.63) is 22.7 Å². The van der Waals surface area contributed by atoms with E-state index in [1.165, 1.54) is 12.3 Å². The summed E-state index contributed by atoms with van der Waals surface area (Å²) in [4.78, 5) is 15.0. The fourth-order valence-corrected chi connectivity index (χ4v) is 1.73. The highest BCUT2D eigenvalue weighted by Crippen LogP contribution is 2.27. The van der Waals surface area contributed by atoms with Crippen LogP contribution in [0.25, 0.3) is 0 Å². The van der Waals surface area contributed by atoms with Gasteiger partial charge in [-0.05, 0) is 6.07 Å². The predicted molar refractivity (Wildman–Crippen MR) is 58.1 cm³/mol. The summed E-state index contributed by atoms with van der Waals surface area (Å²) >= 11 is 0. The van der Waals surface area contributed by atoms with Crippen LogP contribution in [0.3, 0.4) is 0 Å². The van der Waals surface area contributed by atoms with E-state index in [2.05, 4.69) is 4.98 Å². The van der Waals surface area contributed by atoms with Gasteiger partial charge in [-0.25, -0.2) is 4.79 Å². The molecule has 9 heteroatoms. The fourth-order valence-electron chi connectivity index (χ4n) is 1.73. The van der Waals surface area contributed by atoms with Crippen LogP contribution < -0.4 is 17.6 Å². The molecule has 1 aliphatic heterocycles. The number of nitrogen functional groups attached to an aromatic ring is 1. The molecule has 1 aromatic rings. The van der Waals surface area contributed by atoms with E-state index in [0.717, 1.165) is 4.57 Å². The number of hydrogen-bond donors (Lipinski definition) is 4. The van der Waals surface area contributed by atoms with E-state index >= 15 is 0 Å². The molecule has 0 bridgehead atoms. The van der Waals surface area contributed by atoms with Crippen molar-refractivity contribution < 1.29 is 20.1 Å². The quantitative estimate of drug-likeness (QED) is 0.437. The van der Waals surface area contributed by atoms with E-state index < -0.39 is 36.8 Å².